The van der Waals surface area contributed by atoms with Gasteiger partial charge in [0.2, 0.25) is 0 Å². The SMILES string of the molecule is CNc1ccc(/C=C(C)\C=C\c2nc3ccc(OCC(O)CF)cc3s2)cn1. The second-order valence-corrected chi connectivity index (χ2v) is 7.31. The first kappa shape index (κ1) is 20.0. The number of fused-ring (bicyclic) bond motifs is 1. The van der Waals surface area contributed by atoms with Crippen LogP contribution in [0.1, 0.15) is 17.5 Å². The Morgan fingerprint density at radius 2 is 2.21 bits per heavy atom. The molecule has 0 aliphatic heterocycles. The molecule has 2 N–H and O–H groups in total. The van der Waals surface area contributed by atoms with Crippen molar-refractivity contribution in [2.45, 2.75) is 13.0 Å². The summed E-state index contributed by atoms with van der Waals surface area (Å²) in [5.74, 6) is 1.43. The minimum atomic E-state index is -1.10. The fraction of sp³-hybridized carbons (Fsp3) is 0.238. The van der Waals surface area contributed by atoms with E-state index in [4.69, 9.17) is 4.74 Å². The molecule has 1 aromatic carbocycles. The minimum Gasteiger partial charge on any atom is -0.491 e. The van der Waals surface area contributed by atoms with Gasteiger partial charge in [-0.05, 0) is 48.9 Å². The Hall–Kier alpha value is -2.77. The van der Waals surface area contributed by atoms with Crippen LogP contribution in [0.5, 0.6) is 5.75 Å². The summed E-state index contributed by atoms with van der Waals surface area (Å²) in [7, 11) is 1.84. The molecule has 3 aromatic rings. The average molecular weight is 399 g/mol. The number of aliphatic hydroxyl groups is 1. The van der Waals surface area contributed by atoms with Gasteiger partial charge in [0.25, 0.3) is 0 Å². The molecule has 0 spiro atoms. The lowest BCUT2D eigenvalue weighted by molar-refractivity contribution is 0.0842. The average Bonchev–Trinajstić information content (AvgIpc) is 3.13. The zero-order chi connectivity index (χ0) is 19.9. The second kappa shape index (κ2) is 9.43. The Balaban J connectivity index is 1.69. The predicted octanol–water partition coefficient (Wildman–Crippen LogP) is 4.56. The van der Waals surface area contributed by atoms with Crippen LogP contribution in [0.15, 0.2) is 48.2 Å². The molecule has 2 heterocycles. The van der Waals surface area contributed by atoms with Crippen molar-refractivity contribution in [2.75, 3.05) is 25.6 Å². The van der Waals surface area contributed by atoms with E-state index in [0.29, 0.717) is 5.75 Å². The monoisotopic (exact) mass is 399 g/mol. The number of benzene rings is 1. The van der Waals surface area contributed by atoms with Crippen molar-refractivity contribution in [3.8, 4) is 5.75 Å². The van der Waals surface area contributed by atoms with Crippen LogP contribution in [0.25, 0.3) is 22.4 Å². The molecule has 0 aliphatic carbocycles. The number of rotatable bonds is 8. The molecule has 5 nitrogen and oxygen atoms in total. The maximum absolute atomic E-state index is 12.3. The molecule has 0 radical (unpaired) electrons. The lowest BCUT2D eigenvalue weighted by Crippen LogP contribution is -2.19. The number of hydrogen-bond acceptors (Lipinski definition) is 6. The van der Waals surface area contributed by atoms with Gasteiger partial charge in [0, 0.05) is 13.2 Å². The molecule has 0 bridgehead atoms. The topological polar surface area (TPSA) is 67.3 Å². The lowest BCUT2D eigenvalue weighted by Gasteiger charge is -2.08. The molecule has 0 fully saturated rings. The highest BCUT2D eigenvalue weighted by Crippen LogP contribution is 2.27. The molecule has 1 atom stereocenters. The second-order valence-electron chi connectivity index (χ2n) is 6.25. The van der Waals surface area contributed by atoms with Gasteiger partial charge in [0.15, 0.2) is 0 Å². The first-order valence-electron chi connectivity index (χ1n) is 8.85. The molecule has 2 aromatic heterocycles. The van der Waals surface area contributed by atoms with Crippen molar-refractivity contribution in [3.63, 3.8) is 0 Å². The number of nitrogens with one attached hydrogen (secondary N) is 1. The molecule has 0 amide bonds. The Bertz CT molecular complexity index is 983. The van der Waals surface area contributed by atoms with Crippen LogP contribution in [0.3, 0.4) is 0 Å². The van der Waals surface area contributed by atoms with Gasteiger partial charge < -0.3 is 15.2 Å². The van der Waals surface area contributed by atoms with Crippen LogP contribution >= 0.6 is 11.3 Å². The fourth-order valence-corrected chi connectivity index (χ4v) is 3.37. The van der Waals surface area contributed by atoms with Gasteiger partial charge >= 0.3 is 0 Å². The number of aromatic nitrogens is 2. The molecular formula is C21H22FN3O2S. The van der Waals surface area contributed by atoms with E-state index in [0.717, 1.165) is 32.2 Å². The number of alkyl halides is 1. The van der Waals surface area contributed by atoms with Crippen molar-refractivity contribution < 1.29 is 14.2 Å². The molecule has 0 aliphatic rings. The standard InChI is InChI=1S/C21H22FN3O2S/c1-14(9-15-4-7-20(23-2)24-12-15)3-8-21-25-18-6-5-17(10-19(18)28-21)27-13-16(26)11-22/h3-10,12,16,26H,11,13H2,1-2H3,(H,23,24)/b8-3+,14-9-. The van der Waals surface area contributed by atoms with E-state index in [9.17, 15) is 9.50 Å². The molecule has 7 heteroatoms. The van der Waals surface area contributed by atoms with Crippen LogP contribution in [-0.2, 0) is 0 Å². The number of nitrogens with zero attached hydrogens (tertiary/aromatic N) is 2. The van der Waals surface area contributed by atoms with Gasteiger partial charge in [-0.25, -0.2) is 14.4 Å². The first-order valence-corrected chi connectivity index (χ1v) is 9.66. The molecule has 28 heavy (non-hydrogen) atoms. The van der Waals surface area contributed by atoms with Gasteiger partial charge in [0.1, 0.15) is 36.0 Å². The van der Waals surface area contributed by atoms with Gasteiger partial charge in [0.05, 0.1) is 10.2 Å². The van der Waals surface area contributed by atoms with Crippen molar-refractivity contribution in [1.82, 2.24) is 9.97 Å². The van der Waals surface area contributed by atoms with Gasteiger partial charge in [-0.2, -0.15) is 0 Å². The highest BCUT2D eigenvalue weighted by Gasteiger charge is 2.07. The van der Waals surface area contributed by atoms with Gasteiger partial charge in [-0.3, -0.25) is 0 Å². The zero-order valence-electron chi connectivity index (χ0n) is 15.7. The highest BCUT2D eigenvalue weighted by atomic mass is 32.1. The largest absolute Gasteiger partial charge is 0.491 e. The van der Waals surface area contributed by atoms with E-state index in [1.807, 2.05) is 56.6 Å². The van der Waals surface area contributed by atoms with Crippen LogP contribution < -0.4 is 10.1 Å². The lowest BCUT2D eigenvalue weighted by atomic mass is 10.2. The number of anilines is 1. The highest BCUT2D eigenvalue weighted by molar-refractivity contribution is 7.19. The van der Waals surface area contributed by atoms with E-state index in [1.54, 1.807) is 17.4 Å². The summed E-state index contributed by atoms with van der Waals surface area (Å²) in [4.78, 5) is 8.88. The minimum absolute atomic E-state index is 0.0677. The number of allylic oxidation sites excluding steroid dienone is 2. The third-order valence-electron chi connectivity index (χ3n) is 3.92. The summed E-state index contributed by atoms with van der Waals surface area (Å²) < 4.78 is 18.7. The smallest absolute Gasteiger partial charge is 0.125 e. The molecule has 146 valence electrons. The van der Waals surface area contributed by atoms with Crippen molar-refractivity contribution in [2.24, 2.45) is 0 Å². The van der Waals surface area contributed by atoms with Crippen LogP contribution in [0.4, 0.5) is 10.2 Å². The van der Waals surface area contributed by atoms with Crippen LogP contribution in [0.2, 0.25) is 0 Å². The summed E-state index contributed by atoms with van der Waals surface area (Å²) in [6.07, 6.45) is 6.76. The zero-order valence-corrected chi connectivity index (χ0v) is 16.5. The number of hydrogen-bond donors (Lipinski definition) is 2. The number of aliphatic hydroxyl groups excluding tert-OH is 1. The summed E-state index contributed by atoms with van der Waals surface area (Å²) in [6.45, 7) is 1.14. The number of pyridine rings is 1. The number of halogens is 1. The van der Waals surface area contributed by atoms with Crippen molar-refractivity contribution in [3.05, 3.63) is 58.7 Å². The summed E-state index contributed by atoms with van der Waals surface area (Å²) >= 11 is 1.54. The molecular weight excluding hydrogens is 377 g/mol. The third kappa shape index (κ3) is 5.37. The van der Waals surface area contributed by atoms with E-state index in [-0.39, 0.29) is 6.61 Å². The quantitative estimate of drug-likeness (QED) is 0.544. The van der Waals surface area contributed by atoms with E-state index in [2.05, 4.69) is 21.4 Å². The van der Waals surface area contributed by atoms with E-state index < -0.39 is 12.8 Å². The van der Waals surface area contributed by atoms with Crippen LogP contribution in [-0.4, -0.2) is 41.5 Å². The summed E-state index contributed by atoms with van der Waals surface area (Å²) in [5.41, 5.74) is 2.99. The molecule has 0 saturated carbocycles. The van der Waals surface area contributed by atoms with Crippen molar-refractivity contribution in [1.29, 1.82) is 0 Å². The maximum Gasteiger partial charge on any atom is 0.125 e. The molecule has 0 saturated heterocycles. The normalized spacial score (nSPS) is 13.2. The van der Waals surface area contributed by atoms with E-state index >= 15 is 0 Å². The predicted molar refractivity (Wildman–Crippen MR) is 114 cm³/mol. The Morgan fingerprint density at radius 3 is 2.93 bits per heavy atom. The number of ether oxygens (including phenoxy) is 1. The number of thiazole rings is 1. The summed E-state index contributed by atoms with van der Waals surface area (Å²) in [6, 6.07) is 9.43. The molecule has 3 rings (SSSR count). The fourth-order valence-electron chi connectivity index (χ4n) is 2.47. The first-order chi connectivity index (χ1) is 13.6. The summed E-state index contributed by atoms with van der Waals surface area (Å²) in [5, 5.41) is 13.1. The van der Waals surface area contributed by atoms with E-state index in [1.165, 1.54) is 0 Å². The Morgan fingerprint density at radius 1 is 1.36 bits per heavy atom. The van der Waals surface area contributed by atoms with Crippen LogP contribution in [0, 0.1) is 0 Å². The molecule has 1 unspecified atom stereocenters. The van der Waals surface area contributed by atoms with Crippen molar-refractivity contribution >= 4 is 39.5 Å². The van der Waals surface area contributed by atoms with Gasteiger partial charge in [-0.1, -0.05) is 17.7 Å². The van der Waals surface area contributed by atoms with Gasteiger partial charge in [-0.15, -0.1) is 11.3 Å². The third-order valence-corrected chi connectivity index (χ3v) is 4.91. The Labute approximate surface area is 167 Å². The Kier molecular flexibility index (Phi) is 6.73. The maximum atomic E-state index is 12.3.